The highest BCUT2D eigenvalue weighted by atomic mass is 35.5. The molecule has 0 saturated heterocycles. The maximum atomic E-state index is 11.5. The van der Waals surface area contributed by atoms with Crippen LogP contribution in [0.3, 0.4) is 0 Å². The van der Waals surface area contributed by atoms with Crippen LogP contribution in [0.4, 0.5) is 0 Å². The molecule has 2 aromatic carbocycles. The van der Waals surface area contributed by atoms with Crippen molar-refractivity contribution >= 4 is 23.5 Å². The fraction of sp³-hybridized carbons (Fsp3) is 0.300. The first-order valence-electron chi connectivity index (χ1n) is 8.78. The van der Waals surface area contributed by atoms with Crippen LogP contribution in [0.1, 0.15) is 18.1 Å². The largest absolute Gasteiger partial charge is 0.484 e. The van der Waals surface area contributed by atoms with E-state index in [1.807, 2.05) is 55.5 Å². The SMILES string of the molecule is CCNC(=O)COc1cccc(CNC(=NC)NCc2cccc(Cl)c2)c1. The summed E-state index contributed by atoms with van der Waals surface area (Å²) in [7, 11) is 1.72. The molecule has 0 fully saturated rings. The van der Waals surface area contributed by atoms with Crippen LogP contribution in [0, 0.1) is 0 Å². The topological polar surface area (TPSA) is 74.8 Å². The Morgan fingerprint density at radius 3 is 2.33 bits per heavy atom. The molecule has 0 radical (unpaired) electrons. The number of carbonyl (C=O) groups excluding carboxylic acids is 1. The Balaban J connectivity index is 1.83. The van der Waals surface area contributed by atoms with Crippen molar-refractivity contribution in [3.63, 3.8) is 0 Å². The van der Waals surface area contributed by atoms with E-state index in [1.54, 1.807) is 7.05 Å². The molecule has 144 valence electrons. The third-order valence-corrected chi connectivity index (χ3v) is 3.91. The normalized spacial score (nSPS) is 11.0. The lowest BCUT2D eigenvalue weighted by Crippen LogP contribution is -2.36. The molecular weight excluding hydrogens is 364 g/mol. The van der Waals surface area contributed by atoms with E-state index in [0.717, 1.165) is 11.1 Å². The number of ether oxygens (including phenoxy) is 1. The second-order valence-electron chi connectivity index (χ2n) is 5.80. The van der Waals surface area contributed by atoms with Crippen LogP contribution in [0.25, 0.3) is 0 Å². The van der Waals surface area contributed by atoms with Crippen LogP contribution < -0.4 is 20.7 Å². The number of nitrogens with one attached hydrogen (secondary N) is 3. The van der Waals surface area contributed by atoms with Crippen molar-refractivity contribution in [2.75, 3.05) is 20.2 Å². The third kappa shape index (κ3) is 7.58. The van der Waals surface area contributed by atoms with Gasteiger partial charge in [0.2, 0.25) is 0 Å². The zero-order chi connectivity index (χ0) is 19.5. The smallest absolute Gasteiger partial charge is 0.257 e. The molecular formula is C20H25ClN4O2. The average molecular weight is 389 g/mol. The minimum absolute atomic E-state index is 0.00752. The van der Waals surface area contributed by atoms with E-state index in [0.29, 0.717) is 36.4 Å². The predicted octanol–water partition coefficient (Wildman–Crippen LogP) is 2.72. The Morgan fingerprint density at radius 1 is 1.04 bits per heavy atom. The van der Waals surface area contributed by atoms with Gasteiger partial charge in [-0.25, -0.2) is 0 Å². The van der Waals surface area contributed by atoms with Gasteiger partial charge in [0.25, 0.3) is 5.91 Å². The van der Waals surface area contributed by atoms with E-state index in [9.17, 15) is 4.79 Å². The van der Waals surface area contributed by atoms with E-state index < -0.39 is 0 Å². The summed E-state index contributed by atoms with van der Waals surface area (Å²) in [5.41, 5.74) is 2.10. The summed E-state index contributed by atoms with van der Waals surface area (Å²) in [6.45, 7) is 3.67. The van der Waals surface area contributed by atoms with Gasteiger partial charge in [-0.2, -0.15) is 0 Å². The number of hydrogen-bond acceptors (Lipinski definition) is 3. The van der Waals surface area contributed by atoms with Crippen LogP contribution in [-0.4, -0.2) is 32.1 Å². The van der Waals surface area contributed by atoms with Crippen LogP contribution in [-0.2, 0) is 17.9 Å². The molecule has 0 heterocycles. The molecule has 0 aromatic heterocycles. The van der Waals surface area contributed by atoms with E-state index in [-0.39, 0.29) is 12.5 Å². The number of likely N-dealkylation sites (N-methyl/N-ethyl adjacent to an activating group) is 1. The van der Waals surface area contributed by atoms with E-state index in [2.05, 4.69) is 20.9 Å². The predicted molar refractivity (Wildman–Crippen MR) is 109 cm³/mol. The van der Waals surface area contributed by atoms with Gasteiger partial charge in [0.1, 0.15) is 5.75 Å². The number of guanidine groups is 1. The van der Waals surface area contributed by atoms with Crippen LogP contribution >= 0.6 is 11.6 Å². The van der Waals surface area contributed by atoms with Gasteiger partial charge in [-0.05, 0) is 42.3 Å². The van der Waals surface area contributed by atoms with Crippen LogP contribution in [0.5, 0.6) is 5.75 Å². The van der Waals surface area contributed by atoms with Crippen LogP contribution in [0.15, 0.2) is 53.5 Å². The number of aliphatic imine (C=N–C) groups is 1. The quantitative estimate of drug-likeness (QED) is 0.480. The lowest BCUT2D eigenvalue weighted by atomic mass is 10.2. The molecule has 3 N–H and O–H groups in total. The number of carbonyl (C=O) groups is 1. The fourth-order valence-electron chi connectivity index (χ4n) is 2.38. The Hall–Kier alpha value is -2.73. The molecule has 0 aliphatic rings. The number of rotatable bonds is 8. The van der Waals surface area contributed by atoms with Gasteiger partial charge in [0, 0.05) is 31.7 Å². The van der Waals surface area contributed by atoms with Crippen molar-refractivity contribution < 1.29 is 9.53 Å². The summed E-state index contributed by atoms with van der Waals surface area (Å²) in [5.74, 6) is 1.21. The Labute approximate surface area is 165 Å². The highest BCUT2D eigenvalue weighted by Crippen LogP contribution is 2.13. The summed E-state index contributed by atoms with van der Waals surface area (Å²) in [6, 6.07) is 15.3. The first kappa shape index (κ1) is 20.6. The second-order valence-corrected chi connectivity index (χ2v) is 6.24. The van der Waals surface area contributed by atoms with E-state index >= 15 is 0 Å². The van der Waals surface area contributed by atoms with Crippen molar-refractivity contribution in [3.8, 4) is 5.75 Å². The van der Waals surface area contributed by atoms with Crippen molar-refractivity contribution in [1.82, 2.24) is 16.0 Å². The number of halogens is 1. The molecule has 0 aliphatic carbocycles. The lowest BCUT2D eigenvalue weighted by molar-refractivity contribution is -0.122. The van der Waals surface area contributed by atoms with Crippen LogP contribution in [0.2, 0.25) is 5.02 Å². The first-order valence-corrected chi connectivity index (χ1v) is 9.16. The number of amides is 1. The monoisotopic (exact) mass is 388 g/mol. The summed E-state index contributed by atoms with van der Waals surface area (Å²) in [5, 5.41) is 9.91. The second kappa shape index (κ2) is 11.1. The van der Waals surface area contributed by atoms with Gasteiger partial charge in [0.05, 0.1) is 0 Å². The maximum Gasteiger partial charge on any atom is 0.257 e. The number of benzene rings is 2. The molecule has 2 aromatic rings. The molecule has 7 heteroatoms. The molecule has 27 heavy (non-hydrogen) atoms. The van der Waals surface area contributed by atoms with Crippen molar-refractivity contribution in [2.45, 2.75) is 20.0 Å². The van der Waals surface area contributed by atoms with Gasteiger partial charge >= 0.3 is 0 Å². The third-order valence-electron chi connectivity index (χ3n) is 3.67. The Bertz CT molecular complexity index is 780. The van der Waals surface area contributed by atoms with Gasteiger partial charge in [-0.3, -0.25) is 9.79 Å². The summed E-state index contributed by atoms with van der Waals surface area (Å²) < 4.78 is 5.51. The fourth-order valence-corrected chi connectivity index (χ4v) is 2.59. The van der Waals surface area contributed by atoms with Gasteiger partial charge in [-0.15, -0.1) is 0 Å². The minimum atomic E-state index is -0.133. The minimum Gasteiger partial charge on any atom is -0.484 e. The summed E-state index contributed by atoms with van der Waals surface area (Å²) in [4.78, 5) is 15.7. The molecule has 0 bridgehead atoms. The average Bonchev–Trinajstić information content (AvgIpc) is 2.67. The zero-order valence-electron chi connectivity index (χ0n) is 15.6. The van der Waals surface area contributed by atoms with Crippen molar-refractivity contribution in [3.05, 3.63) is 64.7 Å². The molecule has 1 amide bonds. The standard InChI is InChI=1S/C20H25ClN4O2/c1-3-23-19(26)14-27-18-9-5-7-16(11-18)13-25-20(22-2)24-12-15-6-4-8-17(21)10-15/h4-11H,3,12-14H2,1-2H3,(H,23,26)(H2,22,24,25). The molecule has 2 rings (SSSR count). The zero-order valence-corrected chi connectivity index (χ0v) is 16.3. The first-order chi connectivity index (χ1) is 13.1. The molecule has 0 saturated carbocycles. The summed E-state index contributed by atoms with van der Waals surface area (Å²) >= 11 is 6.00. The maximum absolute atomic E-state index is 11.5. The molecule has 0 unspecified atom stereocenters. The van der Waals surface area contributed by atoms with E-state index in [4.69, 9.17) is 16.3 Å². The van der Waals surface area contributed by atoms with Gasteiger partial charge < -0.3 is 20.7 Å². The lowest BCUT2D eigenvalue weighted by Gasteiger charge is -2.13. The molecule has 0 atom stereocenters. The molecule has 0 aliphatic heterocycles. The summed E-state index contributed by atoms with van der Waals surface area (Å²) in [6.07, 6.45) is 0. The highest BCUT2D eigenvalue weighted by Gasteiger charge is 2.03. The molecule has 0 spiro atoms. The van der Waals surface area contributed by atoms with Gasteiger partial charge in [0.15, 0.2) is 12.6 Å². The molecule has 6 nitrogen and oxygen atoms in total. The highest BCUT2D eigenvalue weighted by molar-refractivity contribution is 6.30. The Morgan fingerprint density at radius 2 is 1.70 bits per heavy atom. The Kier molecular flexibility index (Phi) is 8.45. The number of nitrogens with zero attached hydrogens (tertiary/aromatic N) is 1. The van der Waals surface area contributed by atoms with E-state index in [1.165, 1.54) is 0 Å². The van der Waals surface area contributed by atoms with Crippen molar-refractivity contribution in [1.29, 1.82) is 0 Å². The van der Waals surface area contributed by atoms with Crippen molar-refractivity contribution in [2.24, 2.45) is 4.99 Å². The number of hydrogen-bond donors (Lipinski definition) is 3. The van der Waals surface area contributed by atoms with Gasteiger partial charge in [-0.1, -0.05) is 35.9 Å².